The molecule has 0 aliphatic carbocycles. The summed E-state index contributed by atoms with van der Waals surface area (Å²) in [5, 5.41) is 9.14. The van der Waals surface area contributed by atoms with E-state index in [0.29, 0.717) is 12.8 Å². The molecule has 0 radical (unpaired) electrons. The zero-order valence-electron chi connectivity index (χ0n) is 15.0. The number of unbranched alkanes of at least 4 members (excludes halogenated alkanes) is 12. The summed E-state index contributed by atoms with van der Waals surface area (Å²) in [7, 11) is -8.11. The summed E-state index contributed by atoms with van der Waals surface area (Å²) in [4.78, 5) is 0. The van der Waals surface area contributed by atoms with Crippen molar-refractivity contribution < 1.29 is 31.0 Å². The molecular weight excluding hydrogens is 368 g/mol. The fourth-order valence-electron chi connectivity index (χ4n) is 2.70. The summed E-state index contributed by atoms with van der Waals surface area (Å²) in [6, 6.07) is 0. The number of aliphatic hydroxyl groups excluding tert-OH is 1. The van der Waals surface area contributed by atoms with Crippen LogP contribution in [0.3, 0.4) is 0 Å². The van der Waals surface area contributed by atoms with Crippen LogP contribution < -0.4 is 0 Å². The van der Waals surface area contributed by atoms with Gasteiger partial charge < -0.3 is 5.11 Å². The van der Waals surface area contributed by atoms with E-state index in [2.05, 4.69) is 0 Å². The molecule has 0 aliphatic rings. The highest BCUT2D eigenvalue weighted by atomic mass is 32.2. The Hall–Kier alpha value is -0.220. The van der Waals surface area contributed by atoms with Crippen LogP contribution in [-0.4, -0.2) is 42.2 Å². The maximum absolute atomic E-state index is 10.6. The molecule has 1 unspecified atom stereocenters. The van der Waals surface area contributed by atoms with Gasteiger partial charge in [-0.25, -0.2) is 0 Å². The molecule has 0 spiro atoms. The van der Waals surface area contributed by atoms with Crippen LogP contribution in [0.25, 0.3) is 0 Å². The van der Waals surface area contributed by atoms with Crippen molar-refractivity contribution >= 4 is 20.2 Å². The maximum atomic E-state index is 10.6. The molecule has 0 aromatic rings. The molecule has 0 bridgehead atoms. The van der Waals surface area contributed by atoms with Crippen LogP contribution in [0.5, 0.6) is 0 Å². The van der Waals surface area contributed by atoms with Gasteiger partial charge in [-0.1, -0.05) is 70.6 Å². The third-order valence-electron chi connectivity index (χ3n) is 4.20. The highest BCUT2D eigenvalue weighted by molar-refractivity contribution is 7.86. The lowest BCUT2D eigenvalue weighted by molar-refractivity contribution is 0.219. The standard InChI is InChI=1S/C16H34O7S2/c17-16(25(21,22)23)14-12-10-8-6-4-2-1-3-5-7-9-11-13-15-24(18,19)20/h16-17H,1-15H2,(H,18,19,20)(H,21,22,23). The summed E-state index contributed by atoms with van der Waals surface area (Å²) in [5.74, 6) is -0.137. The summed E-state index contributed by atoms with van der Waals surface area (Å²) in [5.41, 5.74) is -1.65. The van der Waals surface area contributed by atoms with Crippen molar-refractivity contribution in [3.63, 3.8) is 0 Å². The number of hydrogen-bond acceptors (Lipinski definition) is 5. The molecule has 0 aromatic carbocycles. The van der Waals surface area contributed by atoms with E-state index in [4.69, 9.17) is 14.2 Å². The first-order chi connectivity index (χ1) is 11.6. The van der Waals surface area contributed by atoms with E-state index in [-0.39, 0.29) is 12.2 Å². The van der Waals surface area contributed by atoms with Crippen LogP contribution in [0, 0.1) is 0 Å². The fourth-order valence-corrected chi connectivity index (χ4v) is 3.73. The Morgan fingerprint density at radius 3 is 1.20 bits per heavy atom. The summed E-state index contributed by atoms with van der Waals surface area (Å²) < 4.78 is 59.5. The minimum atomic E-state index is -4.31. The summed E-state index contributed by atoms with van der Waals surface area (Å²) >= 11 is 0. The molecule has 3 N–H and O–H groups in total. The van der Waals surface area contributed by atoms with Gasteiger partial charge in [0.05, 0.1) is 5.75 Å². The Kier molecular flexibility index (Phi) is 13.8. The third-order valence-corrected chi connectivity index (χ3v) is 5.93. The Morgan fingerprint density at radius 2 is 0.880 bits per heavy atom. The van der Waals surface area contributed by atoms with Gasteiger partial charge in [0.15, 0.2) is 5.44 Å². The van der Waals surface area contributed by atoms with Crippen molar-refractivity contribution in [2.45, 2.75) is 95.3 Å². The van der Waals surface area contributed by atoms with Gasteiger partial charge in [0.1, 0.15) is 0 Å². The van der Waals surface area contributed by atoms with E-state index < -0.39 is 25.7 Å². The molecule has 7 nitrogen and oxygen atoms in total. The van der Waals surface area contributed by atoms with Crippen LogP contribution in [0.2, 0.25) is 0 Å². The van der Waals surface area contributed by atoms with Gasteiger partial charge in [0.2, 0.25) is 0 Å². The van der Waals surface area contributed by atoms with Crippen LogP contribution in [0.4, 0.5) is 0 Å². The molecule has 25 heavy (non-hydrogen) atoms. The van der Waals surface area contributed by atoms with Crippen molar-refractivity contribution in [2.24, 2.45) is 0 Å². The quantitative estimate of drug-likeness (QED) is 0.251. The molecule has 152 valence electrons. The molecule has 0 amide bonds. The number of aliphatic hydroxyl groups is 1. The van der Waals surface area contributed by atoms with Gasteiger partial charge in [-0.2, -0.15) is 16.8 Å². The second-order valence-corrected chi connectivity index (χ2v) is 9.79. The van der Waals surface area contributed by atoms with Crippen molar-refractivity contribution in [1.29, 1.82) is 0 Å². The molecule has 0 fully saturated rings. The molecule has 0 heterocycles. The predicted octanol–water partition coefficient (Wildman–Crippen LogP) is 3.54. The van der Waals surface area contributed by atoms with Gasteiger partial charge in [0, 0.05) is 0 Å². The van der Waals surface area contributed by atoms with Crippen molar-refractivity contribution in [3.05, 3.63) is 0 Å². The predicted molar refractivity (Wildman–Crippen MR) is 98.6 cm³/mol. The molecule has 0 saturated carbocycles. The third kappa shape index (κ3) is 18.4. The van der Waals surface area contributed by atoms with Gasteiger partial charge in [0.25, 0.3) is 20.2 Å². The highest BCUT2D eigenvalue weighted by Gasteiger charge is 2.18. The van der Waals surface area contributed by atoms with E-state index in [1.807, 2.05) is 0 Å². The summed E-state index contributed by atoms with van der Waals surface area (Å²) in [6.07, 6.45) is 13.0. The van der Waals surface area contributed by atoms with E-state index in [0.717, 1.165) is 51.4 Å². The van der Waals surface area contributed by atoms with Crippen LogP contribution in [0.1, 0.15) is 89.9 Å². The molecule has 0 rings (SSSR count). The molecule has 1 atom stereocenters. The Labute approximate surface area is 152 Å². The average molecular weight is 403 g/mol. The number of rotatable bonds is 17. The Balaban J connectivity index is 3.22. The first kappa shape index (κ1) is 24.8. The molecule has 9 heteroatoms. The molecule has 0 saturated heterocycles. The zero-order chi connectivity index (χ0) is 19.2. The van der Waals surface area contributed by atoms with E-state index in [9.17, 15) is 16.8 Å². The fraction of sp³-hybridized carbons (Fsp3) is 1.00. The second-order valence-electron chi connectivity index (χ2n) is 6.64. The van der Waals surface area contributed by atoms with Crippen molar-refractivity contribution in [1.82, 2.24) is 0 Å². The summed E-state index contributed by atoms with van der Waals surface area (Å²) in [6.45, 7) is 0. The first-order valence-electron chi connectivity index (χ1n) is 9.22. The Bertz CT molecular complexity index is 515. The monoisotopic (exact) mass is 402 g/mol. The van der Waals surface area contributed by atoms with Crippen molar-refractivity contribution in [3.8, 4) is 0 Å². The van der Waals surface area contributed by atoms with Crippen LogP contribution in [0.15, 0.2) is 0 Å². The topological polar surface area (TPSA) is 129 Å². The smallest absolute Gasteiger partial charge is 0.291 e. The minimum absolute atomic E-state index is 0.0864. The SMILES string of the molecule is O=S(=O)(O)CCCCCCCCCCCCCCCC(O)S(=O)(=O)O. The lowest BCUT2D eigenvalue weighted by atomic mass is 10.0. The van der Waals surface area contributed by atoms with Crippen LogP contribution >= 0.6 is 0 Å². The maximum Gasteiger partial charge on any atom is 0.291 e. The van der Waals surface area contributed by atoms with E-state index >= 15 is 0 Å². The lowest BCUT2D eigenvalue weighted by Gasteiger charge is -2.06. The van der Waals surface area contributed by atoms with Crippen LogP contribution in [-0.2, 0) is 20.2 Å². The van der Waals surface area contributed by atoms with Gasteiger partial charge >= 0.3 is 0 Å². The van der Waals surface area contributed by atoms with Gasteiger partial charge in [-0.3, -0.25) is 9.11 Å². The van der Waals surface area contributed by atoms with Crippen molar-refractivity contribution in [2.75, 3.05) is 5.75 Å². The largest absolute Gasteiger partial charge is 0.375 e. The Morgan fingerprint density at radius 1 is 0.560 bits per heavy atom. The average Bonchev–Trinajstić information content (AvgIpc) is 2.48. The second kappa shape index (κ2) is 13.9. The molecule has 0 aromatic heterocycles. The normalized spacial score (nSPS) is 13.9. The van der Waals surface area contributed by atoms with Gasteiger partial charge in [-0.15, -0.1) is 0 Å². The number of hydrogen-bond donors (Lipinski definition) is 3. The lowest BCUT2D eigenvalue weighted by Crippen LogP contribution is -2.19. The minimum Gasteiger partial charge on any atom is -0.375 e. The molecular formula is C16H34O7S2. The van der Waals surface area contributed by atoms with E-state index in [1.165, 1.54) is 19.3 Å². The highest BCUT2D eigenvalue weighted by Crippen LogP contribution is 2.14. The van der Waals surface area contributed by atoms with Gasteiger partial charge in [-0.05, 0) is 19.3 Å². The molecule has 0 aliphatic heterocycles. The zero-order valence-corrected chi connectivity index (χ0v) is 16.6. The first-order valence-corrected chi connectivity index (χ1v) is 12.3. The van der Waals surface area contributed by atoms with E-state index in [1.54, 1.807) is 0 Å².